The summed E-state index contributed by atoms with van der Waals surface area (Å²) in [4.78, 5) is 8.50. The minimum atomic E-state index is 0.000703. The Hall–Kier alpha value is -1.21. The first-order chi connectivity index (χ1) is 8.94. The molecule has 7 heteroatoms. The van der Waals surface area contributed by atoms with Gasteiger partial charge in [0.05, 0.1) is 5.39 Å². The molecule has 0 saturated carbocycles. The van der Waals surface area contributed by atoms with E-state index in [0.717, 1.165) is 34.4 Å². The van der Waals surface area contributed by atoms with E-state index in [2.05, 4.69) is 50.2 Å². The molecule has 0 aliphatic rings. The van der Waals surface area contributed by atoms with Gasteiger partial charge in [-0.3, -0.25) is 0 Å². The normalized spacial score (nSPS) is 12.1. The van der Waals surface area contributed by atoms with E-state index in [9.17, 15) is 0 Å². The number of rotatable bonds is 5. The van der Waals surface area contributed by atoms with Gasteiger partial charge in [-0.15, -0.1) is 0 Å². The molecule has 0 aliphatic heterocycles. The summed E-state index contributed by atoms with van der Waals surface area (Å²) in [5, 5.41) is 17.5. The SMILES string of the molecule is Cn1nc(Br)c2c(NCC(C)(C)CCO)ncnc21. The van der Waals surface area contributed by atoms with Crippen LogP contribution in [0.3, 0.4) is 0 Å². The zero-order chi connectivity index (χ0) is 14.0. The van der Waals surface area contributed by atoms with E-state index in [1.807, 2.05) is 7.05 Å². The van der Waals surface area contributed by atoms with Gasteiger partial charge in [-0.25, -0.2) is 14.6 Å². The van der Waals surface area contributed by atoms with E-state index in [0.29, 0.717) is 0 Å². The monoisotopic (exact) mass is 327 g/mol. The number of hydrogen-bond acceptors (Lipinski definition) is 5. The average Bonchev–Trinajstić information content (AvgIpc) is 2.63. The van der Waals surface area contributed by atoms with Crippen molar-refractivity contribution in [3.8, 4) is 0 Å². The van der Waals surface area contributed by atoms with Crippen LogP contribution in [0.2, 0.25) is 0 Å². The van der Waals surface area contributed by atoms with E-state index >= 15 is 0 Å². The number of anilines is 1. The largest absolute Gasteiger partial charge is 0.396 e. The molecule has 0 bridgehead atoms. The number of nitrogens with one attached hydrogen (secondary N) is 1. The second-order valence-corrected chi connectivity index (χ2v) is 6.08. The van der Waals surface area contributed by atoms with Crippen molar-refractivity contribution in [1.82, 2.24) is 19.7 Å². The number of nitrogens with zero attached hydrogens (tertiary/aromatic N) is 4. The fraction of sp³-hybridized carbons (Fsp3) is 0.583. The third-order valence-electron chi connectivity index (χ3n) is 3.10. The molecular weight excluding hydrogens is 310 g/mol. The van der Waals surface area contributed by atoms with Crippen molar-refractivity contribution < 1.29 is 5.11 Å². The Morgan fingerprint density at radius 3 is 2.84 bits per heavy atom. The maximum absolute atomic E-state index is 9.04. The lowest BCUT2D eigenvalue weighted by Crippen LogP contribution is -2.24. The summed E-state index contributed by atoms with van der Waals surface area (Å²) in [7, 11) is 1.85. The van der Waals surface area contributed by atoms with Gasteiger partial charge < -0.3 is 10.4 Å². The second-order valence-electron chi connectivity index (χ2n) is 5.33. The lowest BCUT2D eigenvalue weighted by Gasteiger charge is -2.24. The number of aliphatic hydroxyl groups excluding tert-OH is 1. The molecule has 2 rings (SSSR count). The van der Waals surface area contributed by atoms with Crippen molar-refractivity contribution in [1.29, 1.82) is 0 Å². The smallest absolute Gasteiger partial charge is 0.164 e. The van der Waals surface area contributed by atoms with E-state index in [1.165, 1.54) is 6.33 Å². The topological polar surface area (TPSA) is 75.9 Å². The summed E-state index contributed by atoms with van der Waals surface area (Å²) in [6, 6.07) is 0. The minimum Gasteiger partial charge on any atom is -0.396 e. The Morgan fingerprint density at radius 2 is 2.16 bits per heavy atom. The van der Waals surface area contributed by atoms with Crippen molar-refractivity contribution in [3.63, 3.8) is 0 Å². The molecule has 104 valence electrons. The van der Waals surface area contributed by atoms with Gasteiger partial charge in [0.25, 0.3) is 0 Å². The van der Waals surface area contributed by atoms with Crippen molar-refractivity contribution in [2.75, 3.05) is 18.5 Å². The van der Waals surface area contributed by atoms with Gasteiger partial charge in [0.1, 0.15) is 16.7 Å². The van der Waals surface area contributed by atoms with Crippen LogP contribution in [-0.2, 0) is 7.05 Å². The van der Waals surface area contributed by atoms with Crippen molar-refractivity contribution in [2.24, 2.45) is 12.5 Å². The van der Waals surface area contributed by atoms with E-state index in [4.69, 9.17) is 5.11 Å². The lowest BCUT2D eigenvalue weighted by atomic mass is 9.90. The van der Waals surface area contributed by atoms with Crippen molar-refractivity contribution in [2.45, 2.75) is 20.3 Å². The molecular formula is C12H18BrN5O. The van der Waals surface area contributed by atoms with Crippen LogP contribution in [0.5, 0.6) is 0 Å². The zero-order valence-corrected chi connectivity index (χ0v) is 12.9. The first-order valence-corrected chi connectivity index (χ1v) is 6.92. The maximum atomic E-state index is 9.04. The van der Waals surface area contributed by atoms with Gasteiger partial charge in [-0.05, 0) is 27.8 Å². The Labute approximate surface area is 120 Å². The molecule has 0 saturated heterocycles. The number of aromatic nitrogens is 4. The standard InChI is InChI=1S/C12H18BrN5O/c1-12(2,4-5-19)6-14-10-8-9(13)17-18(3)11(8)16-7-15-10/h7,19H,4-6H2,1-3H3,(H,14,15,16). The molecule has 0 aromatic carbocycles. The van der Waals surface area contributed by atoms with Gasteiger partial charge in [-0.2, -0.15) is 5.10 Å². The van der Waals surface area contributed by atoms with Crippen LogP contribution in [0.15, 0.2) is 10.9 Å². The number of hydrogen-bond donors (Lipinski definition) is 2. The fourth-order valence-electron chi connectivity index (χ4n) is 1.89. The molecule has 0 unspecified atom stereocenters. The molecule has 0 amide bonds. The van der Waals surface area contributed by atoms with E-state index < -0.39 is 0 Å². The Bertz CT molecular complexity index is 581. The predicted molar refractivity (Wildman–Crippen MR) is 78.0 cm³/mol. The number of halogens is 1. The molecule has 6 nitrogen and oxygen atoms in total. The van der Waals surface area contributed by atoms with Crippen molar-refractivity contribution >= 4 is 32.8 Å². The van der Waals surface area contributed by atoms with E-state index in [1.54, 1.807) is 4.68 Å². The van der Waals surface area contributed by atoms with Gasteiger partial charge in [0.2, 0.25) is 0 Å². The third-order valence-corrected chi connectivity index (χ3v) is 3.66. The Balaban J connectivity index is 2.26. The quantitative estimate of drug-likeness (QED) is 0.877. The lowest BCUT2D eigenvalue weighted by molar-refractivity contribution is 0.220. The van der Waals surface area contributed by atoms with Gasteiger partial charge in [0.15, 0.2) is 5.65 Å². The van der Waals surface area contributed by atoms with E-state index in [-0.39, 0.29) is 12.0 Å². The summed E-state index contributed by atoms with van der Waals surface area (Å²) < 4.78 is 2.44. The summed E-state index contributed by atoms with van der Waals surface area (Å²) in [6.07, 6.45) is 2.26. The van der Waals surface area contributed by atoms with Crippen LogP contribution in [0.25, 0.3) is 11.0 Å². The number of aliphatic hydroxyl groups is 1. The Kier molecular flexibility index (Phi) is 4.05. The van der Waals surface area contributed by atoms with Crippen LogP contribution in [-0.4, -0.2) is 38.0 Å². The van der Waals surface area contributed by atoms with Crippen molar-refractivity contribution in [3.05, 3.63) is 10.9 Å². The van der Waals surface area contributed by atoms with Crippen LogP contribution in [0, 0.1) is 5.41 Å². The molecule has 0 aliphatic carbocycles. The predicted octanol–water partition coefficient (Wildman–Crippen LogP) is 1.95. The number of fused-ring (bicyclic) bond motifs is 1. The highest BCUT2D eigenvalue weighted by molar-refractivity contribution is 9.10. The first kappa shape index (κ1) is 14.2. The third kappa shape index (κ3) is 3.03. The molecule has 0 radical (unpaired) electrons. The molecule has 19 heavy (non-hydrogen) atoms. The van der Waals surface area contributed by atoms with Crippen LogP contribution < -0.4 is 5.32 Å². The average molecular weight is 328 g/mol. The van der Waals surface area contributed by atoms with Gasteiger partial charge >= 0.3 is 0 Å². The van der Waals surface area contributed by atoms with Gasteiger partial charge in [0, 0.05) is 20.2 Å². The first-order valence-electron chi connectivity index (χ1n) is 6.12. The molecule has 2 heterocycles. The highest BCUT2D eigenvalue weighted by Gasteiger charge is 2.19. The second kappa shape index (κ2) is 5.42. The van der Waals surface area contributed by atoms with Gasteiger partial charge in [-0.1, -0.05) is 13.8 Å². The molecule has 0 fully saturated rings. The van der Waals surface area contributed by atoms with Crippen LogP contribution in [0.1, 0.15) is 20.3 Å². The highest BCUT2D eigenvalue weighted by atomic mass is 79.9. The molecule has 0 spiro atoms. The minimum absolute atomic E-state index is 0.000703. The van der Waals surface area contributed by atoms with Crippen LogP contribution >= 0.6 is 15.9 Å². The zero-order valence-electron chi connectivity index (χ0n) is 11.3. The molecule has 2 N–H and O–H groups in total. The number of aryl methyl sites for hydroxylation is 1. The summed E-state index contributed by atoms with van der Waals surface area (Å²) in [5.41, 5.74) is 0.782. The molecule has 0 atom stereocenters. The summed E-state index contributed by atoms with van der Waals surface area (Å²) in [5.74, 6) is 0.760. The van der Waals surface area contributed by atoms with Crippen LogP contribution in [0.4, 0.5) is 5.82 Å². The maximum Gasteiger partial charge on any atom is 0.164 e. The molecule has 2 aromatic rings. The summed E-state index contributed by atoms with van der Waals surface area (Å²) >= 11 is 3.43. The fourth-order valence-corrected chi connectivity index (χ4v) is 2.49. The molecule has 2 aromatic heterocycles. The highest BCUT2D eigenvalue weighted by Crippen LogP contribution is 2.28. The Morgan fingerprint density at radius 1 is 1.42 bits per heavy atom. The summed E-state index contributed by atoms with van der Waals surface area (Å²) in [6.45, 7) is 5.12.